The quantitative estimate of drug-likeness (QED) is 0.862. The number of hydrogen-bond acceptors (Lipinski definition) is 3. The molecule has 5 heteroatoms. The van der Waals surface area contributed by atoms with Gasteiger partial charge in [-0.25, -0.2) is 0 Å². The summed E-state index contributed by atoms with van der Waals surface area (Å²) in [5.74, 6) is 0. The molecule has 4 heterocycles. The second-order valence-corrected chi connectivity index (χ2v) is 5.78. The number of aromatic nitrogens is 4. The van der Waals surface area contributed by atoms with Gasteiger partial charge in [-0.1, -0.05) is 6.58 Å². The molecule has 0 aromatic carbocycles. The molecule has 4 rings (SSSR count). The van der Waals surface area contributed by atoms with Crippen molar-refractivity contribution in [1.82, 2.24) is 24.9 Å². The predicted molar refractivity (Wildman–Crippen MR) is 77.1 cm³/mol. The molecule has 0 amide bonds. The second-order valence-electron chi connectivity index (χ2n) is 5.78. The van der Waals surface area contributed by atoms with Crippen molar-refractivity contribution in [2.75, 3.05) is 6.54 Å². The van der Waals surface area contributed by atoms with Crippen LogP contribution in [0.25, 0.3) is 11.4 Å². The Balaban J connectivity index is 1.87. The number of rotatable bonds is 1. The molecule has 2 aromatic heterocycles. The van der Waals surface area contributed by atoms with Gasteiger partial charge in [0.2, 0.25) is 0 Å². The van der Waals surface area contributed by atoms with Crippen LogP contribution in [0, 0.1) is 0 Å². The number of allylic oxidation sites excluding steroid dienone is 1. The van der Waals surface area contributed by atoms with Gasteiger partial charge in [0.25, 0.3) is 0 Å². The highest BCUT2D eigenvalue weighted by molar-refractivity contribution is 5.65. The Morgan fingerprint density at radius 1 is 1.35 bits per heavy atom. The highest BCUT2D eigenvalue weighted by atomic mass is 15.3. The van der Waals surface area contributed by atoms with Crippen LogP contribution in [0.5, 0.6) is 0 Å². The van der Waals surface area contributed by atoms with Gasteiger partial charge in [0.1, 0.15) is 0 Å². The molecule has 1 N–H and O–H groups in total. The molecule has 5 nitrogen and oxygen atoms in total. The van der Waals surface area contributed by atoms with E-state index in [0.29, 0.717) is 0 Å². The normalized spacial score (nSPS) is 17.1. The summed E-state index contributed by atoms with van der Waals surface area (Å²) in [4.78, 5) is 2.34. The van der Waals surface area contributed by atoms with E-state index in [0.717, 1.165) is 44.6 Å². The topological polar surface area (TPSA) is 49.7 Å². The van der Waals surface area contributed by atoms with Crippen LogP contribution in [0.3, 0.4) is 0 Å². The van der Waals surface area contributed by atoms with E-state index < -0.39 is 0 Å². The first-order valence-corrected chi connectivity index (χ1v) is 7.25. The second kappa shape index (κ2) is 4.23. The number of aryl methyl sites for hydroxylation is 2. The Bertz CT molecular complexity index is 678. The molecule has 0 unspecified atom stereocenters. The van der Waals surface area contributed by atoms with E-state index in [9.17, 15) is 0 Å². The summed E-state index contributed by atoms with van der Waals surface area (Å²) in [5.41, 5.74) is 7.47. The van der Waals surface area contributed by atoms with Gasteiger partial charge in [0, 0.05) is 37.3 Å². The lowest BCUT2D eigenvalue weighted by Crippen LogP contribution is -2.28. The van der Waals surface area contributed by atoms with Crippen molar-refractivity contribution >= 4 is 0 Å². The number of hydrogen-bond donors (Lipinski definition) is 1. The fraction of sp³-hybridized carbons (Fsp3) is 0.467. The number of nitrogens with zero attached hydrogens (tertiary/aromatic N) is 4. The first-order chi connectivity index (χ1) is 9.74. The highest BCUT2D eigenvalue weighted by Crippen LogP contribution is 2.34. The largest absolute Gasteiger partial charge is 0.371 e. The zero-order valence-electron chi connectivity index (χ0n) is 11.8. The molecule has 2 aromatic rings. The molecule has 0 fully saturated rings. The van der Waals surface area contributed by atoms with Crippen LogP contribution in [0.4, 0.5) is 0 Å². The van der Waals surface area contributed by atoms with E-state index in [4.69, 9.17) is 5.10 Å². The van der Waals surface area contributed by atoms with Crippen LogP contribution in [-0.4, -0.2) is 31.4 Å². The van der Waals surface area contributed by atoms with E-state index in [1.54, 1.807) is 0 Å². The van der Waals surface area contributed by atoms with Crippen molar-refractivity contribution in [2.24, 2.45) is 0 Å². The Labute approximate surface area is 118 Å². The average molecular weight is 269 g/mol. The molecule has 2 aliphatic rings. The summed E-state index contributed by atoms with van der Waals surface area (Å²) in [6.07, 6.45) is 5.17. The molecule has 0 spiro atoms. The third-order valence-electron chi connectivity index (χ3n) is 4.41. The zero-order chi connectivity index (χ0) is 13.7. The molecule has 0 saturated heterocycles. The van der Waals surface area contributed by atoms with Crippen LogP contribution in [0.2, 0.25) is 0 Å². The minimum absolute atomic E-state index is 0.915. The molecule has 0 bridgehead atoms. The maximum Gasteiger partial charge on any atom is 0.0916 e. The molecule has 0 aliphatic carbocycles. The zero-order valence-corrected chi connectivity index (χ0v) is 11.8. The Hall–Kier alpha value is -2.04. The van der Waals surface area contributed by atoms with Gasteiger partial charge < -0.3 is 4.90 Å². The third-order valence-corrected chi connectivity index (χ3v) is 4.41. The summed E-state index contributed by atoms with van der Waals surface area (Å²) in [6.45, 7) is 9.09. The van der Waals surface area contributed by atoms with E-state index in [1.165, 1.54) is 28.2 Å². The summed E-state index contributed by atoms with van der Waals surface area (Å²) < 4.78 is 2.18. The van der Waals surface area contributed by atoms with Gasteiger partial charge in [-0.3, -0.25) is 9.78 Å². The van der Waals surface area contributed by atoms with E-state index in [1.807, 2.05) is 6.20 Å². The van der Waals surface area contributed by atoms with Gasteiger partial charge in [-0.2, -0.15) is 10.2 Å². The van der Waals surface area contributed by atoms with E-state index >= 15 is 0 Å². The van der Waals surface area contributed by atoms with Crippen LogP contribution in [0.1, 0.15) is 30.2 Å². The van der Waals surface area contributed by atoms with Gasteiger partial charge in [-0.15, -0.1) is 0 Å². The fourth-order valence-electron chi connectivity index (χ4n) is 3.32. The summed E-state index contributed by atoms with van der Waals surface area (Å²) in [7, 11) is 0. The van der Waals surface area contributed by atoms with Crippen molar-refractivity contribution in [3.8, 4) is 11.4 Å². The summed E-state index contributed by atoms with van der Waals surface area (Å²) >= 11 is 0. The molecule has 0 saturated carbocycles. The van der Waals surface area contributed by atoms with Crippen LogP contribution < -0.4 is 0 Å². The Morgan fingerprint density at radius 2 is 2.25 bits per heavy atom. The summed E-state index contributed by atoms with van der Waals surface area (Å²) in [5, 5.41) is 12.2. The SMILES string of the molecule is C=C(C)N1CCc2nn3c(c2C1)-c1[nH]ncc1CCC3. The van der Waals surface area contributed by atoms with Gasteiger partial charge in [0.15, 0.2) is 0 Å². The molecule has 2 aliphatic heterocycles. The maximum atomic E-state index is 4.84. The summed E-state index contributed by atoms with van der Waals surface area (Å²) in [6, 6.07) is 0. The number of H-pyrrole nitrogens is 1. The first-order valence-electron chi connectivity index (χ1n) is 7.25. The molecular weight excluding hydrogens is 250 g/mol. The lowest BCUT2D eigenvalue weighted by molar-refractivity contribution is 0.323. The smallest absolute Gasteiger partial charge is 0.0916 e. The lowest BCUT2D eigenvalue weighted by atomic mass is 10.0. The fourth-order valence-corrected chi connectivity index (χ4v) is 3.32. The maximum absolute atomic E-state index is 4.84. The monoisotopic (exact) mass is 269 g/mol. The third kappa shape index (κ3) is 1.62. The minimum Gasteiger partial charge on any atom is -0.371 e. The van der Waals surface area contributed by atoms with E-state index in [2.05, 4.69) is 33.3 Å². The highest BCUT2D eigenvalue weighted by Gasteiger charge is 2.28. The predicted octanol–water partition coefficient (Wildman–Crippen LogP) is 2.11. The molecular formula is C15H19N5. The Morgan fingerprint density at radius 3 is 3.10 bits per heavy atom. The van der Waals surface area contributed by atoms with Crippen molar-refractivity contribution in [1.29, 1.82) is 0 Å². The standard InChI is InChI=1S/C15H19N5/c1-10(2)19-7-5-13-12(9-19)15-14-11(8-16-17-14)4-3-6-20(15)18-13/h8H,1,3-7,9H2,2H3,(H,16,17). The van der Waals surface area contributed by atoms with Gasteiger partial charge in [0.05, 0.1) is 23.3 Å². The van der Waals surface area contributed by atoms with Gasteiger partial charge in [-0.05, 0) is 25.3 Å². The van der Waals surface area contributed by atoms with Crippen molar-refractivity contribution in [3.63, 3.8) is 0 Å². The molecule has 20 heavy (non-hydrogen) atoms. The van der Waals surface area contributed by atoms with Crippen LogP contribution in [-0.2, 0) is 25.9 Å². The van der Waals surface area contributed by atoms with E-state index in [-0.39, 0.29) is 0 Å². The Kier molecular flexibility index (Phi) is 2.49. The first kappa shape index (κ1) is 11.8. The molecule has 0 atom stereocenters. The van der Waals surface area contributed by atoms with Gasteiger partial charge >= 0.3 is 0 Å². The number of aromatic amines is 1. The molecule has 0 radical (unpaired) electrons. The molecule has 104 valence electrons. The minimum atomic E-state index is 0.915. The van der Waals surface area contributed by atoms with Crippen LogP contribution >= 0.6 is 0 Å². The van der Waals surface area contributed by atoms with Crippen molar-refractivity contribution in [3.05, 3.63) is 35.3 Å². The lowest BCUT2D eigenvalue weighted by Gasteiger charge is -2.28. The average Bonchev–Trinajstić information content (AvgIpc) is 2.98. The van der Waals surface area contributed by atoms with Crippen molar-refractivity contribution < 1.29 is 0 Å². The van der Waals surface area contributed by atoms with Crippen molar-refractivity contribution in [2.45, 2.75) is 39.3 Å². The number of nitrogens with one attached hydrogen (secondary N) is 1. The van der Waals surface area contributed by atoms with Crippen LogP contribution in [0.15, 0.2) is 18.5 Å². The number of fused-ring (bicyclic) bond motifs is 5.